The van der Waals surface area contributed by atoms with E-state index in [0.717, 1.165) is 30.8 Å². The van der Waals surface area contributed by atoms with Crippen molar-refractivity contribution in [3.8, 4) is 0 Å². The Labute approximate surface area is 100 Å². The van der Waals surface area contributed by atoms with E-state index in [1.807, 2.05) is 25.1 Å². The Bertz CT molecular complexity index is 461. The Kier molecular flexibility index (Phi) is 3.94. The van der Waals surface area contributed by atoms with Crippen LogP contribution in [0.5, 0.6) is 0 Å². The second-order valence-corrected chi connectivity index (χ2v) is 4.08. The lowest BCUT2D eigenvalue weighted by atomic mass is 10.1. The second-order valence-electron chi connectivity index (χ2n) is 4.08. The molecule has 0 unspecified atom stereocenters. The van der Waals surface area contributed by atoms with E-state index in [9.17, 15) is 4.39 Å². The summed E-state index contributed by atoms with van der Waals surface area (Å²) in [4.78, 5) is 0. The van der Waals surface area contributed by atoms with Crippen LogP contribution in [0.3, 0.4) is 0 Å². The molecule has 17 heavy (non-hydrogen) atoms. The molecular weight excluding hydrogens is 217 g/mol. The maximum absolute atomic E-state index is 12.7. The fraction of sp³-hybridized carbons (Fsp3) is 0.286. The smallest absolute Gasteiger partial charge is 0.123 e. The third-order valence-electron chi connectivity index (χ3n) is 2.76. The molecule has 0 fully saturated rings. The van der Waals surface area contributed by atoms with E-state index in [0.29, 0.717) is 0 Å². The summed E-state index contributed by atoms with van der Waals surface area (Å²) in [6.07, 6.45) is 2.59. The van der Waals surface area contributed by atoms with E-state index in [2.05, 4.69) is 5.32 Å². The first-order valence-corrected chi connectivity index (χ1v) is 5.74. The highest BCUT2D eigenvalue weighted by Gasteiger charge is 2.00. The standard InChI is InChI=1S/C14H16FNO/c1-11-7-9-17-14(11)10-16-8-6-12-2-4-13(15)5-3-12/h2-5,7,9,16H,6,8,10H2,1H3. The molecule has 2 nitrogen and oxygen atoms in total. The molecule has 0 saturated carbocycles. The molecule has 1 N–H and O–H groups in total. The molecule has 2 rings (SSSR count). The summed E-state index contributed by atoms with van der Waals surface area (Å²) in [6.45, 7) is 3.62. The van der Waals surface area contributed by atoms with Crippen LogP contribution in [0.4, 0.5) is 4.39 Å². The first-order chi connectivity index (χ1) is 8.25. The molecule has 0 bridgehead atoms. The van der Waals surface area contributed by atoms with Crippen molar-refractivity contribution < 1.29 is 8.81 Å². The topological polar surface area (TPSA) is 25.2 Å². The molecule has 1 aromatic carbocycles. The minimum absolute atomic E-state index is 0.187. The van der Waals surface area contributed by atoms with Crippen molar-refractivity contribution in [2.45, 2.75) is 19.9 Å². The largest absolute Gasteiger partial charge is 0.468 e. The first-order valence-electron chi connectivity index (χ1n) is 5.74. The van der Waals surface area contributed by atoms with Crippen molar-refractivity contribution in [1.29, 1.82) is 0 Å². The molecule has 0 atom stereocenters. The van der Waals surface area contributed by atoms with Gasteiger partial charge in [0, 0.05) is 0 Å². The van der Waals surface area contributed by atoms with Gasteiger partial charge in [-0.3, -0.25) is 0 Å². The summed E-state index contributed by atoms with van der Waals surface area (Å²) in [7, 11) is 0. The highest BCUT2D eigenvalue weighted by molar-refractivity contribution is 5.16. The summed E-state index contributed by atoms with van der Waals surface area (Å²) in [5, 5.41) is 3.30. The Morgan fingerprint density at radius 2 is 1.94 bits per heavy atom. The molecule has 3 heteroatoms. The number of nitrogens with one attached hydrogen (secondary N) is 1. The first kappa shape index (κ1) is 11.9. The lowest BCUT2D eigenvalue weighted by Gasteiger charge is -2.04. The SMILES string of the molecule is Cc1ccoc1CNCCc1ccc(F)cc1. The van der Waals surface area contributed by atoms with E-state index >= 15 is 0 Å². The van der Waals surface area contributed by atoms with E-state index in [4.69, 9.17) is 4.42 Å². The molecule has 90 valence electrons. The van der Waals surface area contributed by atoms with Gasteiger partial charge < -0.3 is 9.73 Å². The van der Waals surface area contributed by atoms with Crippen LogP contribution in [0.2, 0.25) is 0 Å². The monoisotopic (exact) mass is 233 g/mol. The molecule has 1 aromatic heterocycles. The van der Waals surface area contributed by atoms with E-state index < -0.39 is 0 Å². The molecule has 0 aliphatic rings. The van der Waals surface area contributed by atoms with Crippen LogP contribution in [0.1, 0.15) is 16.9 Å². The minimum atomic E-state index is -0.187. The van der Waals surface area contributed by atoms with Crippen molar-refractivity contribution >= 4 is 0 Å². The van der Waals surface area contributed by atoms with Gasteiger partial charge >= 0.3 is 0 Å². The average molecular weight is 233 g/mol. The number of aryl methyl sites for hydroxylation is 1. The molecule has 0 radical (unpaired) electrons. The van der Waals surface area contributed by atoms with Gasteiger partial charge in [-0.15, -0.1) is 0 Å². The van der Waals surface area contributed by atoms with Gasteiger partial charge in [0.1, 0.15) is 11.6 Å². The third-order valence-corrected chi connectivity index (χ3v) is 2.76. The lowest BCUT2D eigenvalue weighted by molar-refractivity contribution is 0.481. The normalized spacial score (nSPS) is 10.7. The summed E-state index contributed by atoms with van der Waals surface area (Å²) < 4.78 is 18.0. The molecule has 1 heterocycles. The van der Waals surface area contributed by atoms with Gasteiger partial charge in [0.2, 0.25) is 0 Å². The number of benzene rings is 1. The number of halogens is 1. The zero-order chi connectivity index (χ0) is 12.1. The molecule has 0 amide bonds. The van der Waals surface area contributed by atoms with E-state index in [1.54, 1.807) is 6.26 Å². The van der Waals surface area contributed by atoms with Crippen LogP contribution in [0, 0.1) is 12.7 Å². The zero-order valence-corrected chi connectivity index (χ0v) is 9.87. The predicted molar refractivity (Wildman–Crippen MR) is 65.3 cm³/mol. The van der Waals surface area contributed by atoms with Crippen molar-refractivity contribution in [2.75, 3.05) is 6.54 Å². The Morgan fingerprint density at radius 3 is 2.59 bits per heavy atom. The average Bonchev–Trinajstić information content (AvgIpc) is 2.73. The Balaban J connectivity index is 1.73. The number of rotatable bonds is 5. The van der Waals surface area contributed by atoms with Crippen LogP contribution in [-0.4, -0.2) is 6.54 Å². The van der Waals surface area contributed by atoms with Crippen LogP contribution in [-0.2, 0) is 13.0 Å². The molecule has 0 spiro atoms. The summed E-state index contributed by atoms with van der Waals surface area (Å²) >= 11 is 0. The van der Waals surface area contributed by atoms with Gasteiger partial charge in [0.25, 0.3) is 0 Å². The summed E-state index contributed by atoms with van der Waals surface area (Å²) in [5.74, 6) is 0.789. The van der Waals surface area contributed by atoms with Crippen molar-refractivity contribution in [1.82, 2.24) is 5.32 Å². The van der Waals surface area contributed by atoms with Crippen LogP contribution < -0.4 is 5.32 Å². The zero-order valence-electron chi connectivity index (χ0n) is 9.87. The molecule has 0 aliphatic heterocycles. The fourth-order valence-electron chi connectivity index (χ4n) is 1.67. The van der Waals surface area contributed by atoms with E-state index in [-0.39, 0.29) is 5.82 Å². The minimum Gasteiger partial charge on any atom is -0.468 e. The van der Waals surface area contributed by atoms with Gasteiger partial charge in [0.15, 0.2) is 0 Å². The maximum atomic E-state index is 12.7. The Morgan fingerprint density at radius 1 is 1.18 bits per heavy atom. The number of furan rings is 1. The number of hydrogen-bond acceptors (Lipinski definition) is 2. The second kappa shape index (κ2) is 5.64. The predicted octanol–water partition coefficient (Wildman–Crippen LogP) is 3.06. The van der Waals surface area contributed by atoms with Crippen LogP contribution in [0.15, 0.2) is 41.0 Å². The highest BCUT2D eigenvalue weighted by atomic mass is 19.1. The van der Waals surface area contributed by atoms with E-state index in [1.165, 1.54) is 17.7 Å². The van der Waals surface area contributed by atoms with Crippen LogP contribution >= 0.6 is 0 Å². The quantitative estimate of drug-likeness (QED) is 0.803. The number of hydrogen-bond donors (Lipinski definition) is 1. The Hall–Kier alpha value is -1.61. The van der Waals surface area contributed by atoms with Gasteiger partial charge in [-0.2, -0.15) is 0 Å². The van der Waals surface area contributed by atoms with Gasteiger partial charge in [0.05, 0.1) is 12.8 Å². The third kappa shape index (κ3) is 3.43. The molecule has 2 aromatic rings. The van der Waals surface area contributed by atoms with Gasteiger partial charge in [-0.05, 0) is 49.2 Å². The van der Waals surface area contributed by atoms with Gasteiger partial charge in [-0.1, -0.05) is 12.1 Å². The molecule has 0 aliphatic carbocycles. The molecular formula is C14H16FNO. The lowest BCUT2D eigenvalue weighted by Crippen LogP contribution is -2.16. The van der Waals surface area contributed by atoms with Crippen molar-refractivity contribution in [3.05, 3.63) is 59.3 Å². The summed E-state index contributed by atoms with van der Waals surface area (Å²) in [6, 6.07) is 8.57. The fourth-order valence-corrected chi connectivity index (χ4v) is 1.67. The molecule has 0 saturated heterocycles. The van der Waals surface area contributed by atoms with Crippen molar-refractivity contribution in [3.63, 3.8) is 0 Å². The van der Waals surface area contributed by atoms with Crippen molar-refractivity contribution in [2.24, 2.45) is 0 Å². The van der Waals surface area contributed by atoms with Gasteiger partial charge in [-0.25, -0.2) is 4.39 Å². The highest BCUT2D eigenvalue weighted by Crippen LogP contribution is 2.08. The van der Waals surface area contributed by atoms with Crippen LogP contribution in [0.25, 0.3) is 0 Å². The maximum Gasteiger partial charge on any atom is 0.123 e. The summed E-state index contributed by atoms with van der Waals surface area (Å²) in [5.41, 5.74) is 2.30.